The first-order valence-corrected chi connectivity index (χ1v) is 9.58. The van der Waals surface area contributed by atoms with Crippen molar-refractivity contribution in [2.24, 2.45) is 0 Å². The van der Waals surface area contributed by atoms with Gasteiger partial charge in [-0.3, -0.25) is 4.79 Å². The molecule has 0 saturated heterocycles. The van der Waals surface area contributed by atoms with E-state index < -0.39 is 39.5 Å². The van der Waals surface area contributed by atoms with Gasteiger partial charge in [0.05, 0.1) is 21.2 Å². The quantitative estimate of drug-likeness (QED) is 0.218. The summed E-state index contributed by atoms with van der Waals surface area (Å²) in [6, 6.07) is 6.63. The van der Waals surface area contributed by atoms with Gasteiger partial charge in [0.2, 0.25) is 5.78 Å². The molecule has 0 aliphatic carbocycles. The minimum absolute atomic E-state index is 0.0252. The molecule has 2 N–H and O–H groups in total. The van der Waals surface area contributed by atoms with Crippen LogP contribution >= 0.6 is 23.5 Å². The highest BCUT2D eigenvalue weighted by Crippen LogP contribution is 2.31. The summed E-state index contributed by atoms with van der Waals surface area (Å²) in [5.41, 5.74) is -0.843. The molecule has 0 fully saturated rings. The molecule has 4 nitrogen and oxygen atoms in total. The fraction of sp³-hybridized carbons (Fsp3) is 0. The summed E-state index contributed by atoms with van der Waals surface area (Å²) in [4.78, 5) is 19.2. The number of carbonyl (C=O) groups is 1. The number of halogens is 5. The Kier molecular flexibility index (Phi) is 5.40. The first-order chi connectivity index (χ1) is 14.4. The molecular formula is C20H10ClF4N3OS. The maximum atomic E-state index is 15.0. The van der Waals surface area contributed by atoms with Crippen molar-refractivity contribution in [1.82, 2.24) is 9.97 Å². The van der Waals surface area contributed by atoms with Crippen molar-refractivity contribution in [1.29, 1.82) is 0 Å². The van der Waals surface area contributed by atoms with Crippen LogP contribution in [0.4, 0.5) is 23.2 Å². The van der Waals surface area contributed by atoms with Crippen molar-refractivity contribution in [3.63, 3.8) is 0 Å². The van der Waals surface area contributed by atoms with Crippen LogP contribution in [0.3, 0.4) is 0 Å². The second kappa shape index (κ2) is 8.00. The average Bonchev–Trinajstić information content (AvgIpc) is 3.12. The Labute approximate surface area is 176 Å². The van der Waals surface area contributed by atoms with Crippen LogP contribution in [0.1, 0.15) is 15.9 Å². The van der Waals surface area contributed by atoms with Crippen LogP contribution in [0, 0.1) is 23.3 Å². The Hall–Kier alpha value is -3.04. The summed E-state index contributed by atoms with van der Waals surface area (Å²) in [6.07, 6.45) is 2.64. The van der Waals surface area contributed by atoms with E-state index in [0.717, 1.165) is 24.3 Å². The molecule has 0 amide bonds. The molecule has 0 saturated carbocycles. The summed E-state index contributed by atoms with van der Waals surface area (Å²) in [7, 11) is 0. The second-order valence-corrected chi connectivity index (χ2v) is 7.37. The molecule has 2 aromatic carbocycles. The van der Waals surface area contributed by atoms with Crippen LogP contribution in [0.5, 0.6) is 0 Å². The first kappa shape index (κ1) is 20.2. The van der Waals surface area contributed by atoms with Crippen molar-refractivity contribution >= 4 is 46.1 Å². The van der Waals surface area contributed by atoms with Crippen molar-refractivity contribution < 1.29 is 22.4 Å². The van der Waals surface area contributed by atoms with Crippen LogP contribution in [-0.2, 0) is 0 Å². The zero-order valence-corrected chi connectivity index (χ0v) is 16.3. The number of nitrogens with zero attached hydrogens (tertiary/aromatic N) is 1. The zero-order valence-electron chi connectivity index (χ0n) is 14.8. The smallest absolute Gasteiger partial charge is 0.201 e. The van der Waals surface area contributed by atoms with Gasteiger partial charge in [-0.25, -0.2) is 22.5 Å². The number of benzene rings is 2. The average molecular weight is 452 g/mol. The molecule has 4 aromatic rings. The number of anilines is 1. The predicted molar refractivity (Wildman–Crippen MR) is 107 cm³/mol. The van der Waals surface area contributed by atoms with Crippen LogP contribution in [-0.4, -0.2) is 15.8 Å². The number of hydrogen-bond acceptors (Lipinski definition) is 4. The predicted octanol–water partition coefficient (Wildman–Crippen LogP) is 6.12. The number of fused-ring (bicyclic) bond motifs is 1. The monoisotopic (exact) mass is 451 g/mol. The number of ketones is 1. The number of nitrogens with one attached hydrogen (secondary N) is 2. The van der Waals surface area contributed by atoms with E-state index in [1.807, 2.05) is 0 Å². The van der Waals surface area contributed by atoms with E-state index in [0.29, 0.717) is 23.0 Å². The van der Waals surface area contributed by atoms with E-state index in [2.05, 4.69) is 14.7 Å². The summed E-state index contributed by atoms with van der Waals surface area (Å²) >= 11 is 6.36. The summed E-state index contributed by atoms with van der Waals surface area (Å²) < 4.78 is 59.3. The van der Waals surface area contributed by atoms with E-state index in [1.165, 1.54) is 24.5 Å². The number of H-pyrrole nitrogens is 1. The lowest BCUT2D eigenvalue weighted by Crippen LogP contribution is -2.09. The molecule has 0 bridgehead atoms. The molecule has 4 rings (SSSR count). The largest absolute Gasteiger partial charge is 0.345 e. The Morgan fingerprint density at radius 1 is 1.07 bits per heavy atom. The van der Waals surface area contributed by atoms with Gasteiger partial charge < -0.3 is 9.71 Å². The van der Waals surface area contributed by atoms with E-state index in [4.69, 9.17) is 11.6 Å². The number of pyridine rings is 1. The van der Waals surface area contributed by atoms with E-state index in [9.17, 15) is 22.4 Å². The molecule has 2 aromatic heterocycles. The molecule has 2 heterocycles. The van der Waals surface area contributed by atoms with Gasteiger partial charge in [-0.1, -0.05) is 17.7 Å². The summed E-state index contributed by atoms with van der Waals surface area (Å²) in [6.45, 7) is 0. The molecule has 30 heavy (non-hydrogen) atoms. The van der Waals surface area contributed by atoms with E-state index >= 15 is 0 Å². The number of rotatable bonds is 5. The number of hydrogen-bond donors (Lipinski definition) is 2. The molecule has 152 valence electrons. The Bertz CT molecular complexity index is 1270. The van der Waals surface area contributed by atoms with Gasteiger partial charge in [0.1, 0.15) is 23.1 Å². The lowest BCUT2D eigenvalue weighted by Gasteiger charge is -2.11. The Morgan fingerprint density at radius 3 is 2.53 bits per heavy atom. The normalized spacial score (nSPS) is 11.1. The third kappa shape index (κ3) is 3.61. The van der Waals surface area contributed by atoms with Gasteiger partial charge in [0, 0.05) is 23.3 Å². The third-order valence-electron chi connectivity index (χ3n) is 4.24. The number of aromatic nitrogens is 2. The van der Waals surface area contributed by atoms with Gasteiger partial charge in [0.15, 0.2) is 5.82 Å². The zero-order chi connectivity index (χ0) is 21.4. The highest BCUT2D eigenvalue weighted by Gasteiger charge is 2.25. The SMILES string of the molecule is O=C(c1c(F)ccc(NSc2c(F)cccc2F)c1F)c1c[nH]c2ncc(Cl)cc12. The molecule has 0 atom stereocenters. The van der Waals surface area contributed by atoms with Crippen molar-refractivity contribution in [2.45, 2.75) is 4.90 Å². The molecule has 0 spiro atoms. The molecule has 0 aliphatic rings. The fourth-order valence-electron chi connectivity index (χ4n) is 2.83. The topological polar surface area (TPSA) is 57.8 Å². The standard InChI is InChI=1S/C20H10ClF4N3OS/c21-9-6-10-11(8-27-20(10)26-7-9)18(29)16-12(22)4-5-15(17(16)25)28-30-19-13(23)2-1-3-14(19)24/h1-8,28H,(H,26,27). The van der Waals surface area contributed by atoms with Crippen molar-refractivity contribution in [3.8, 4) is 0 Å². The molecule has 0 radical (unpaired) electrons. The van der Waals surface area contributed by atoms with Crippen LogP contribution < -0.4 is 4.72 Å². The first-order valence-electron chi connectivity index (χ1n) is 8.39. The molecule has 0 aliphatic heterocycles. The van der Waals surface area contributed by atoms with Crippen LogP contribution in [0.25, 0.3) is 11.0 Å². The van der Waals surface area contributed by atoms with Gasteiger partial charge in [0.25, 0.3) is 0 Å². The lowest BCUT2D eigenvalue weighted by molar-refractivity contribution is 0.103. The van der Waals surface area contributed by atoms with Crippen LogP contribution in [0.2, 0.25) is 5.02 Å². The minimum atomic E-state index is -1.20. The van der Waals surface area contributed by atoms with E-state index in [-0.39, 0.29) is 16.3 Å². The maximum absolute atomic E-state index is 15.0. The van der Waals surface area contributed by atoms with Gasteiger partial charge >= 0.3 is 0 Å². The summed E-state index contributed by atoms with van der Waals surface area (Å²) in [5, 5.41) is 0.545. The van der Waals surface area contributed by atoms with Gasteiger partial charge in [-0.2, -0.15) is 0 Å². The molecular weight excluding hydrogens is 442 g/mol. The van der Waals surface area contributed by atoms with Crippen molar-refractivity contribution in [3.05, 3.63) is 88.2 Å². The van der Waals surface area contributed by atoms with Crippen molar-refractivity contribution in [2.75, 3.05) is 4.72 Å². The lowest BCUT2D eigenvalue weighted by atomic mass is 10.0. The highest BCUT2D eigenvalue weighted by molar-refractivity contribution is 8.00. The second-order valence-electron chi connectivity index (χ2n) is 6.12. The Balaban J connectivity index is 1.70. The van der Waals surface area contributed by atoms with Crippen LogP contribution in [0.15, 0.2) is 53.7 Å². The molecule has 0 unspecified atom stereocenters. The Morgan fingerprint density at radius 2 is 1.80 bits per heavy atom. The third-order valence-corrected chi connectivity index (χ3v) is 5.37. The minimum Gasteiger partial charge on any atom is -0.345 e. The fourth-order valence-corrected chi connectivity index (χ4v) is 3.68. The van der Waals surface area contributed by atoms with E-state index in [1.54, 1.807) is 0 Å². The van der Waals surface area contributed by atoms with Gasteiger partial charge in [-0.15, -0.1) is 0 Å². The highest BCUT2D eigenvalue weighted by atomic mass is 35.5. The maximum Gasteiger partial charge on any atom is 0.201 e. The summed E-state index contributed by atoms with van der Waals surface area (Å²) in [5.74, 6) is -4.93. The molecule has 10 heteroatoms. The van der Waals surface area contributed by atoms with Gasteiger partial charge in [-0.05, 0) is 42.3 Å². The number of aromatic amines is 1. The number of carbonyl (C=O) groups excluding carboxylic acids is 1.